The van der Waals surface area contributed by atoms with Crippen molar-refractivity contribution in [1.82, 2.24) is 14.7 Å². The number of likely N-dealkylation sites (tertiary alicyclic amines) is 1. The van der Waals surface area contributed by atoms with Gasteiger partial charge in [-0.1, -0.05) is 0 Å². The lowest BCUT2D eigenvalue weighted by Crippen LogP contribution is -2.49. The van der Waals surface area contributed by atoms with Crippen LogP contribution in [0.25, 0.3) is 0 Å². The van der Waals surface area contributed by atoms with Gasteiger partial charge < -0.3 is 9.80 Å². The van der Waals surface area contributed by atoms with Crippen molar-refractivity contribution in [3.05, 3.63) is 0 Å². The van der Waals surface area contributed by atoms with Crippen molar-refractivity contribution in [1.29, 1.82) is 0 Å². The number of fused-ring (bicyclic) bond motifs is 1. The molecule has 2 heterocycles. The molecular formula is C16H31N3. The van der Waals surface area contributed by atoms with Crippen LogP contribution in [0.1, 0.15) is 27.7 Å². The third-order valence-electron chi connectivity index (χ3n) is 5.74. The van der Waals surface area contributed by atoms with Gasteiger partial charge in [0.1, 0.15) is 0 Å². The van der Waals surface area contributed by atoms with Gasteiger partial charge in [0.2, 0.25) is 0 Å². The molecule has 0 aromatic carbocycles. The van der Waals surface area contributed by atoms with Crippen molar-refractivity contribution in [3.8, 4) is 0 Å². The number of rotatable bonds is 4. The maximum atomic E-state index is 2.72. The molecule has 1 saturated carbocycles. The maximum Gasteiger partial charge on any atom is 0.0113 e. The Morgan fingerprint density at radius 3 is 1.79 bits per heavy atom. The quantitative estimate of drug-likeness (QED) is 0.764. The lowest BCUT2D eigenvalue weighted by atomic mass is 10.2. The van der Waals surface area contributed by atoms with Crippen LogP contribution in [0.4, 0.5) is 0 Å². The van der Waals surface area contributed by atoms with Crippen LogP contribution in [0.2, 0.25) is 0 Å². The number of piperidine rings is 1. The molecule has 1 aliphatic carbocycles. The number of nitrogens with zero attached hydrogens (tertiary/aromatic N) is 3. The molecular weight excluding hydrogens is 234 g/mol. The number of hydrogen-bond acceptors (Lipinski definition) is 3. The van der Waals surface area contributed by atoms with Gasteiger partial charge in [0, 0.05) is 57.9 Å². The van der Waals surface area contributed by atoms with E-state index in [0.717, 1.165) is 29.8 Å². The van der Waals surface area contributed by atoms with Crippen molar-refractivity contribution < 1.29 is 0 Å². The molecule has 3 rings (SSSR count). The predicted molar refractivity (Wildman–Crippen MR) is 80.3 cm³/mol. The van der Waals surface area contributed by atoms with Gasteiger partial charge in [-0.25, -0.2) is 0 Å². The van der Waals surface area contributed by atoms with Crippen molar-refractivity contribution in [2.45, 2.75) is 39.8 Å². The van der Waals surface area contributed by atoms with E-state index in [9.17, 15) is 0 Å². The molecule has 110 valence electrons. The minimum Gasteiger partial charge on any atom is -0.300 e. The van der Waals surface area contributed by atoms with E-state index >= 15 is 0 Å². The number of piperazine rings is 1. The van der Waals surface area contributed by atoms with Crippen LogP contribution < -0.4 is 0 Å². The molecule has 0 aromatic heterocycles. The average molecular weight is 265 g/mol. The molecule has 0 spiro atoms. The highest BCUT2D eigenvalue weighted by Gasteiger charge is 2.55. The second kappa shape index (κ2) is 5.34. The molecule has 3 nitrogen and oxygen atoms in total. The summed E-state index contributed by atoms with van der Waals surface area (Å²) in [5.74, 6) is 3.09. The topological polar surface area (TPSA) is 9.72 Å². The Kier molecular flexibility index (Phi) is 3.89. The second-order valence-corrected chi connectivity index (χ2v) is 7.47. The summed E-state index contributed by atoms with van der Waals surface area (Å²) < 4.78 is 0. The van der Waals surface area contributed by atoms with Gasteiger partial charge in [0.15, 0.2) is 0 Å². The highest BCUT2D eigenvalue weighted by molar-refractivity contribution is 5.06. The molecule has 2 aliphatic heterocycles. The smallest absolute Gasteiger partial charge is 0.0113 e. The first-order chi connectivity index (χ1) is 9.06. The Bertz CT molecular complexity index is 289. The van der Waals surface area contributed by atoms with Crippen LogP contribution in [-0.4, -0.2) is 72.6 Å². The zero-order chi connectivity index (χ0) is 13.6. The Morgan fingerprint density at radius 1 is 0.789 bits per heavy atom. The third-order valence-corrected chi connectivity index (χ3v) is 5.74. The zero-order valence-electron chi connectivity index (χ0n) is 13.2. The SMILES string of the molecule is CC(C)N1CCN(CC2C3CN(C(C)C)CC23)CC1. The van der Waals surface area contributed by atoms with E-state index < -0.39 is 0 Å². The Hall–Kier alpha value is -0.120. The zero-order valence-corrected chi connectivity index (χ0v) is 13.2. The largest absolute Gasteiger partial charge is 0.300 e. The normalized spacial score (nSPS) is 37.3. The summed E-state index contributed by atoms with van der Waals surface area (Å²) in [7, 11) is 0. The molecule has 3 heteroatoms. The van der Waals surface area contributed by atoms with Crippen LogP contribution in [0.15, 0.2) is 0 Å². The fraction of sp³-hybridized carbons (Fsp3) is 1.00. The van der Waals surface area contributed by atoms with Gasteiger partial charge in [-0.15, -0.1) is 0 Å². The Morgan fingerprint density at radius 2 is 1.32 bits per heavy atom. The van der Waals surface area contributed by atoms with Crippen molar-refractivity contribution >= 4 is 0 Å². The standard InChI is InChI=1S/C16H31N3/c1-12(2)18-7-5-17(6-8-18)9-14-15-10-19(13(3)4)11-16(14)15/h12-16H,5-11H2,1-4H3. The fourth-order valence-corrected chi connectivity index (χ4v) is 4.13. The average Bonchev–Trinajstić information content (AvgIpc) is 2.84. The summed E-state index contributed by atoms with van der Waals surface area (Å²) in [6.07, 6.45) is 0. The monoisotopic (exact) mass is 265 g/mol. The molecule has 0 amide bonds. The van der Waals surface area contributed by atoms with Crippen LogP contribution >= 0.6 is 0 Å². The lowest BCUT2D eigenvalue weighted by molar-refractivity contribution is 0.0995. The Balaban J connectivity index is 1.39. The summed E-state index contributed by atoms with van der Waals surface area (Å²) in [6.45, 7) is 18.6. The van der Waals surface area contributed by atoms with Gasteiger partial charge in [0.25, 0.3) is 0 Å². The van der Waals surface area contributed by atoms with Crippen LogP contribution in [0.3, 0.4) is 0 Å². The van der Waals surface area contributed by atoms with Gasteiger partial charge in [-0.05, 0) is 45.4 Å². The predicted octanol–water partition coefficient (Wildman–Crippen LogP) is 1.60. The molecule has 3 fully saturated rings. The number of hydrogen-bond donors (Lipinski definition) is 0. The second-order valence-electron chi connectivity index (χ2n) is 7.47. The molecule has 2 atom stereocenters. The van der Waals surface area contributed by atoms with E-state index in [4.69, 9.17) is 0 Å². The van der Waals surface area contributed by atoms with Crippen molar-refractivity contribution in [3.63, 3.8) is 0 Å². The summed E-state index contributed by atoms with van der Waals surface area (Å²) >= 11 is 0. The van der Waals surface area contributed by atoms with E-state index in [1.165, 1.54) is 45.8 Å². The minimum absolute atomic E-state index is 0.724. The van der Waals surface area contributed by atoms with Crippen molar-refractivity contribution in [2.24, 2.45) is 17.8 Å². The van der Waals surface area contributed by atoms with Crippen LogP contribution in [0.5, 0.6) is 0 Å². The molecule has 3 aliphatic rings. The highest BCUT2D eigenvalue weighted by atomic mass is 15.3. The summed E-state index contributed by atoms with van der Waals surface area (Å²) in [5, 5.41) is 0. The molecule has 2 unspecified atom stereocenters. The molecule has 2 saturated heterocycles. The molecule has 0 aromatic rings. The van der Waals surface area contributed by atoms with E-state index in [1.54, 1.807) is 0 Å². The van der Waals surface area contributed by atoms with E-state index in [1.807, 2.05) is 0 Å². The third kappa shape index (κ3) is 2.84. The first kappa shape index (κ1) is 13.8. The van der Waals surface area contributed by atoms with Gasteiger partial charge in [0.05, 0.1) is 0 Å². The van der Waals surface area contributed by atoms with Crippen LogP contribution in [-0.2, 0) is 0 Å². The van der Waals surface area contributed by atoms with Gasteiger partial charge >= 0.3 is 0 Å². The first-order valence-electron chi connectivity index (χ1n) is 8.26. The molecule has 19 heavy (non-hydrogen) atoms. The Labute approximate surface area is 118 Å². The molecule has 0 radical (unpaired) electrons. The van der Waals surface area contributed by atoms with Gasteiger partial charge in [-0.3, -0.25) is 4.90 Å². The maximum absolute atomic E-state index is 2.72. The van der Waals surface area contributed by atoms with E-state index in [-0.39, 0.29) is 0 Å². The molecule has 0 N–H and O–H groups in total. The summed E-state index contributed by atoms with van der Waals surface area (Å²) in [4.78, 5) is 8.01. The van der Waals surface area contributed by atoms with E-state index in [2.05, 4.69) is 42.4 Å². The fourth-order valence-electron chi connectivity index (χ4n) is 4.13. The summed E-state index contributed by atoms with van der Waals surface area (Å²) in [6, 6.07) is 1.48. The van der Waals surface area contributed by atoms with Crippen LogP contribution in [0, 0.1) is 17.8 Å². The lowest BCUT2D eigenvalue weighted by Gasteiger charge is -2.37. The first-order valence-corrected chi connectivity index (χ1v) is 8.26. The van der Waals surface area contributed by atoms with E-state index in [0.29, 0.717) is 0 Å². The van der Waals surface area contributed by atoms with Gasteiger partial charge in [-0.2, -0.15) is 0 Å². The summed E-state index contributed by atoms with van der Waals surface area (Å²) in [5.41, 5.74) is 0. The minimum atomic E-state index is 0.724. The molecule has 0 bridgehead atoms. The van der Waals surface area contributed by atoms with Crippen molar-refractivity contribution in [2.75, 3.05) is 45.8 Å². The highest BCUT2D eigenvalue weighted by Crippen LogP contribution is 2.52.